The third kappa shape index (κ3) is 1.18. The number of hydrogen-bond acceptors (Lipinski definition) is 4. The normalized spacial score (nSPS) is 26.6. The summed E-state index contributed by atoms with van der Waals surface area (Å²) < 4.78 is 5.28. The van der Waals surface area contributed by atoms with Gasteiger partial charge in [0.15, 0.2) is 11.9 Å². The van der Waals surface area contributed by atoms with Crippen molar-refractivity contribution in [2.75, 3.05) is 0 Å². The molecule has 1 aromatic rings. The maximum Gasteiger partial charge on any atom is 0.205 e. The highest BCUT2D eigenvalue weighted by Crippen LogP contribution is 2.38. The Balaban J connectivity index is 2.19. The number of benzene rings is 1. The van der Waals surface area contributed by atoms with Crippen LogP contribution in [0.5, 0.6) is 0 Å². The van der Waals surface area contributed by atoms with Crippen LogP contribution in [-0.2, 0) is 4.74 Å². The Bertz CT molecular complexity index is 571. The molecule has 0 radical (unpaired) electrons. The summed E-state index contributed by atoms with van der Waals surface area (Å²) in [6.07, 6.45) is -0.891. The van der Waals surface area contributed by atoms with Gasteiger partial charge in [-0.15, -0.1) is 0 Å². The molecule has 2 unspecified atom stereocenters. The molecule has 0 bridgehead atoms. The van der Waals surface area contributed by atoms with Crippen LogP contribution in [0.15, 0.2) is 35.8 Å². The number of rotatable bonds is 0. The number of ether oxygens (including phenoxy) is 1. The summed E-state index contributed by atoms with van der Waals surface area (Å²) >= 11 is 0. The van der Waals surface area contributed by atoms with Crippen LogP contribution in [0.4, 0.5) is 0 Å². The zero-order valence-electron chi connectivity index (χ0n) is 9.14. The monoisotopic (exact) mass is 230 g/mol. The fourth-order valence-corrected chi connectivity index (χ4v) is 2.38. The van der Waals surface area contributed by atoms with Crippen LogP contribution in [0.3, 0.4) is 0 Å². The Hall–Kier alpha value is -2.10. The molecule has 0 saturated heterocycles. The zero-order chi connectivity index (χ0) is 12.2. The second kappa shape index (κ2) is 3.20. The lowest BCUT2D eigenvalue weighted by Gasteiger charge is -2.24. The summed E-state index contributed by atoms with van der Waals surface area (Å²) in [5.41, 5.74) is 0.741. The number of Topliss-reactive ketones (excluding diaryl/α,β-unsaturated/α-hetero) is 2. The lowest BCUT2D eigenvalue weighted by molar-refractivity contribution is 0.0534. The lowest BCUT2D eigenvalue weighted by atomic mass is 9.79. The number of carbonyl (C=O) groups is 2. The fraction of sp³-hybridized carbons (Fsp3) is 0.231. The van der Waals surface area contributed by atoms with Gasteiger partial charge in [-0.25, -0.2) is 0 Å². The highest BCUT2D eigenvalue weighted by molar-refractivity contribution is 6.18. The quantitative estimate of drug-likeness (QED) is 0.739. The van der Waals surface area contributed by atoms with Crippen molar-refractivity contribution in [3.63, 3.8) is 0 Å². The predicted molar refractivity (Wildman–Crippen MR) is 58.8 cm³/mol. The van der Waals surface area contributed by atoms with Gasteiger partial charge in [-0.3, -0.25) is 9.59 Å². The van der Waals surface area contributed by atoms with E-state index in [0.29, 0.717) is 11.1 Å². The number of fused-ring (bicyclic) bond motifs is 2. The zero-order valence-corrected chi connectivity index (χ0v) is 9.14. The van der Waals surface area contributed by atoms with E-state index in [9.17, 15) is 14.7 Å². The van der Waals surface area contributed by atoms with Gasteiger partial charge in [0.05, 0.1) is 0 Å². The van der Waals surface area contributed by atoms with Crippen molar-refractivity contribution in [2.24, 2.45) is 5.92 Å². The Morgan fingerprint density at radius 2 is 1.71 bits per heavy atom. The van der Waals surface area contributed by atoms with Crippen molar-refractivity contribution in [1.29, 1.82) is 0 Å². The molecular weight excluding hydrogens is 220 g/mol. The summed E-state index contributed by atoms with van der Waals surface area (Å²) in [6.45, 7) is 1.55. The molecule has 0 fully saturated rings. The molecule has 4 heteroatoms. The van der Waals surface area contributed by atoms with E-state index >= 15 is 0 Å². The molecular formula is C13H10O4. The number of aliphatic hydroxyl groups is 1. The van der Waals surface area contributed by atoms with E-state index in [4.69, 9.17) is 4.74 Å². The van der Waals surface area contributed by atoms with Gasteiger partial charge in [0.1, 0.15) is 17.4 Å². The number of carbonyl (C=O) groups excluding carboxylic acids is 2. The van der Waals surface area contributed by atoms with E-state index in [1.165, 1.54) is 0 Å². The molecule has 1 N–H and O–H groups in total. The van der Waals surface area contributed by atoms with E-state index in [1.807, 2.05) is 0 Å². The third-order valence-electron chi connectivity index (χ3n) is 3.26. The second-order valence-electron chi connectivity index (χ2n) is 4.23. The first-order valence-electron chi connectivity index (χ1n) is 5.35. The molecule has 86 valence electrons. The molecule has 1 aromatic carbocycles. The van der Waals surface area contributed by atoms with Gasteiger partial charge < -0.3 is 9.84 Å². The van der Waals surface area contributed by atoms with Gasteiger partial charge in [-0.2, -0.15) is 0 Å². The van der Waals surface area contributed by atoms with Gasteiger partial charge in [0.2, 0.25) is 5.78 Å². The van der Waals surface area contributed by atoms with Gasteiger partial charge in [0, 0.05) is 11.1 Å². The standard InChI is InChI=1S/C13H10O4/c1-6-10(14)9-11(15)7-4-2-3-5-8(7)12(16)13(9)17-6/h2-5,9,13-14H,1H3. The number of aliphatic hydroxyl groups excluding tert-OH is 1. The molecule has 3 rings (SSSR count). The predicted octanol–water partition coefficient (Wildman–Crippen LogP) is 1.87. The highest BCUT2D eigenvalue weighted by atomic mass is 16.5. The van der Waals surface area contributed by atoms with E-state index in [2.05, 4.69) is 0 Å². The van der Waals surface area contributed by atoms with Crippen LogP contribution in [-0.4, -0.2) is 22.8 Å². The van der Waals surface area contributed by atoms with Crippen LogP contribution >= 0.6 is 0 Å². The van der Waals surface area contributed by atoms with Crippen LogP contribution in [0.1, 0.15) is 27.6 Å². The average molecular weight is 230 g/mol. The van der Waals surface area contributed by atoms with Gasteiger partial charge >= 0.3 is 0 Å². The Morgan fingerprint density at radius 3 is 2.35 bits per heavy atom. The van der Waals surface area contributed by atoms with Crippen molar-refractivity contribution >= 4 is 11.6 Å². The second-order valence-corrected chi connectivity index (χ2v) is 4.23. The first kappa shape index (κ1) is 10.1. The SMILES string of the molecule is CC1=C(O)C2C(=O)c3ccccc3C(=O)C2O1. The average Bonchev–Trinajstić information content (AvgIpc) is 2.64. The Kier molecular flexibility index (Phi) is 1.90. The summed E-state index contributed by atoms with van der Waals surface area (Å²) in [7, 11) is 0. The largest absolute Gasteiger partial charge is 0.508 e. The molecule has 2 aliphatic rings. The smallest absolute Gasteiger partial charge is 0.205 e. The van der Waals surface area contributed by atoms with Gasteiger partial charge in [-0.05, 0) is 6.92 Å². The van der Waals surface area contributed by atoms with Crippen LogP contribution in [0.25, 0.3) is 0 Å². The number of hydrogen-bond donors (Lipinski definition) is 1. The molecule has 1 heterocycles. The Labute approximate surface area is 97.5 Å². The molecule has 0 saturated carbocycles. The fourth-order valence-electron chi connectivity index (χ4n) is 2.38. The van der Waals surface area contributed by atoms with Crippen molar-refractivity contribution in [3.8, 4) is 0 Å². The molecule has 0 aromatic heterocycles. The molecule has 0 amide bonds. The van der Waals surface area contributed by atoms with Gasteiger partial charge in [-0.1, -0.05) is 24.3 Å². The van der Waals surface area contributed by atoms with Crippen LogP contribution in [0, 0.1) is 5.92 Å². The van der Waals surface area contributed by atoms with E-state index in [1.54, 1.807) is 31.2 Å². The number of ketones is 2. The first-order valence-corrected chi connectivity index (χ1v) is 5.35. The van der Waals surface area contributed by atoms with E-state index in [0.717, 1.165) is 0 Å². The minimum absolute atomic E-state index is 0.122. The van der Waals surface area contributed by atoms with E-state index in [-0.39, 0.29) is 23.1 Å². The minimum atomic E-state index is -0.891. The lowest BCUT2D eigenvalue weighted by Crippen LogP contribution is -2.39. The Morgan fingerprint density at radius 1 is 1.12 bits per heavy atom. The summed E-state index contributed by atoms with van der Waals surface area (Å²) in [6, 6.07) is 6.62. The van der Waals surface area contributed by atoms with Crippen LogP contribution in [0.2, 0.25) is 0 Å². The third-order valence-corrected chi connectivity index (χ3v) is 3.26. The van der Waals surface area contributed by atoms with Crippen molar-refractivity contribution in [1.82, 2.24) is 0 Å². The molecule has 0 spiro atoms. The topological polar surface area (TPSA) is 63.6 Å². The molecule has 1 aliphatic heterocycles. The summed E-state index contributed by atoms with van der Waals surface area (Å²) in [5, 5.41) is 9.79. The summed E-state index contributed by atoms with van der Waals surface area (Å²) in [5.74, 6) is -1.22. The van der Waals surface area contributed by atoms with Crippen molar-refractivity contribution < 1.29 is 19.4 Å². The van der Waals surface area contributed by atoms with Crippen molar-refractivity contribution in [2.45, 2.75) is 13.0 Å². The minimum Gasteiger partial charge on any atom is -0.508 e. The number of allylic oxidation sites excluding steroid dienone is 1. The first-order chi connectivity index (χ1) is 8.11. The molecule has 2 atom stereocenters. The summed E-state index contributed by atoms with van der Waals surface area (Å²) in [4.78, 5) is 24.3. The molecule has 1 aliphatic carbocycles. The van der Waals surface area contributed by atoms with Crippen LogP contribution < -0.4 is 0 Å². The molecule has 17 heavy (non-hydrogen) atoms. The maximum atomic E-state index is 12.2. The highest BCUT2D eigenvalue weighted by Gasteiger charge is 2.49. The van der Waals surface area contributed by atoms with Crippen molar-refractivity contribution in [3.05, 3.63) is 46.9 Å². The van der Waals surface area contributed by atoms with E-state index < -0.39 is 12.0 Å². The van der Waals surface area contributed by atoms with Gasteiger partial charge in [0.25, 0.3) is 0 Å². The molecule has 4 nitrogen and oxygen atoms in total. The maximum absolute atomic E-state index is 12.2.